The molecule has 0 aliphatic carbocycles. The van der Waals surface area contributed by atoms with E-state index in [-0.39, 0.29) is 11.9 Å². The van der Waals surface area contributed by atoms with Crippen molar-refractivity contribution in [3.05, 3.63) is 71.2 Å². The number of benzene rings is 1. The van der Waals surface area contributed by atoms with Crippen molar-refractivity contribution in [1.82, 2.24) is 14.0 Å². The molecule has 1 amide bonds. The van der Waals surface area contributed by atoms with Crippen molar-refractivity contribution >= 4 is 11.7 Å². The molecule has 30 heavy (non-hydrogen) atoms. The second kappa shape index (κ2) is 8.21. The van der Waals surface area contributed by atoms with Gasteiger partial charge in [-0.15, -0.1) is 0 Å². The highest BCUT2D eigenvalue weighted by molar-refractivity contribution is 5.93. The van der Waals surface area contributed by atoms with Gasteiger partial charge in [0.05, 0.1) is 18.2 Å². The van der Waals surface area contributed by atoms with Gasteiger partial charge in [0.15, 0.2) is 0 Å². The molecule has 3 aromatic rings. The lowest BCUT2D eigenvalue weighted by molar-refractivity contribution is -0.117. The van der Waals surface area contributed by atoms with Gasteiger partial charge in [-0.05, 0) is 63.1 Å². The van der Waals surface area contributed by atoms with Crippen molar-refractivity contribution in [3.8, 4) is 11.8 Å². The number of nitrogens with one attached hydrogen (secondary N) is 1. The van der Waals surface area contributed by atoms with E-state index in [2.05, 4.69) is 26.9 Å². The Morgan fingerprint density at radius 3 is 2.63 bits per heavy atom. The highest BCUT2D eigenvalue weighted by Crippen LogP contribution is 2.33. The summed E-state index contributed by atoms with van der Waals surface area (Å²) in [5, 5.41) is 12.8. The molecule has 1 aliphatic rings. The molecule has 6 nitrogen and oxygen atoms in total. The summed E-state index contributed by atoms with van der Waals surface area (Å²) in [6, 6.07) is 16.5. The summed E-state index contributed by atoms with van der Waals surface area (Å²) in [5.41, 5.74) is 4.52. The minimum absolute atomic E-state index is 0.0951. The summed E-state index contributed by atoms with van der Waals surface area (Å²) in [6.07, 6.45) is 4.17. The number of likely N-dealkylation sites (tertiary alicyclic amines) is 1. The second-order valence-electron chi connectivity index (χ2n) is 7.94. The van der Waals surface area contributed by atoms with Crippen molar-refractivity contribution in [3.63, 3.8) is 0 Å². The quantitative estimate of drug-likeness (QED) is 0.701. The van der Waals surface area contributed by atoms with E-state index in [9.17, 15) is 10.1 Å². The maximum Gasteiger partial charge on any atom is 0.239 e. The lowest BCUT2D eigenvalue weighted by Crippen LogP contribution is -2.34. The molecule has 1 fully saturated rings. The van der Waals surface area contributed by atoms with Crippen LogP contribution in [0.3, 0.4) is 0 Å². The molecule has 0 bridgehead atoms. The Bertz CT molecular complexity index is 1100. The number of carbonyl (C=O) groups excluding carboxylic acids is 1. The van der Waals surface area contributed by atoms with E-state index in [4.69, 9.17) is 0 Å². The summed E-state index contributed by atoms with van der Waals surface area (Å²) in [5.74, 6) is 0.459. The molecule has 1 aromatic carbocycles. The van der Waals surface area contributed by atoms with Crippen LogP contribution in [0.5, 0.6) is 0 Å². The third kappa shape index (κ3) is 3.53. The topological polar surface area (TPSA) is 66.0 Å². The maximum atomic E-state index is 13.1. The lowest BCUT2D eigenvalue weighted by atomic mass is 10.1. The maximum absolute atomic E-state index is 13.1. The van der Waals surface area contributed by atoms with Gasteiger partial charge in [-0.1, -0.05) is 18.2 Å². The Morgan fingerprint density at radius 1 is 1.20 bits per heavy atom. The Balaban J connectivity index is 1.60. The molecule has 0 saturated carbocycles. The minimum atomic E-state index is -0.0951. The van der Waals surface area contributed by atoms with Gasteiger partial charge < -0.3 is 9.88 Å². The van der Waals surface area contributed by atoms with Gasteiger partial charge in [0.25, 0.3) is 0 Å². The predicted molar refractivity (Wildman–Crippen MR) is 118 cm³/mol. The van der Waals surface area contributed by atoms with Crippen LogP contribution in [0.25, 0.3) is 5.69 Å². The summed E-state index contributed by atoms with van der Waals surface area (Å²) in [6.45, 7) is 5.10. The van der Waals surface area contributed by atoms with E-state index in [1.54, 1.807) is 0 Å². The van der Waals surface area contributed by atoms with Gasteiger partial charge in [-0.2, -0.15) is 5.26 Å². The number of nitriles is 1. The van der Waals surface area contributed by atoms with Gasteiger partial charge in [-0.25, -0.2) is 0 Å². The number of amides is 1. The van der Waals surface area contributed by atoms with Crippen LogP contribution in [0.2, 0.25) is 0 Å². The molecule has 1 unspecified atom stereocenters. The Kier molecular flexibility index (Phi) is 5.47. The smallest absolute Gasteiger partial charge is 0.239 e. The third-order valence-electron chi connectivity index (χ3n) is 6.13. The summed E-state index contributed by atoms with van der Waals surface area (Å²) < 4.78 is 4.09. The molecule has 0 radical (unpaired) electrons. The fraction of sp³-hybridized carbons (Fsp3) is 0.333. The zero-order valence-electron chi connectivity index (χ0n) is 17.7. The molecule has 1 N–H and O–H groups in total. The lowest BCUT2D eigenvalue weighted by Gasteiger charge is -2.24. The molecular weight excluding hydrogens is 374 g/mol. The van der Waals surface area contributed by atoms with Crippen LogP contribution in [0, 0.1) is 25.2 Å². The highest BCUT2D eigenvalue weighted by Gasteiger charge is 2.30. The number of para-hydroxylation sites is 1. The fourth-order valence-corrected chi connectivity index (χ4v) is 4.49. The second-order valence-corrected chi connectivity index (χ2v) is 7.94. The summed E-state index contributed by atoms with van der Waals surface area (Å²) >= 11 is 0. The number of anilines is 1. The van der Waals surface area contributed by atoms with Gasteiger partial charge in [0.2, 0.25) is 5.91 Å². The number of nitrogens with zero attached hydrogens (tertiary/aromatic N) is 4. The number of carbonyl (C=O) groups is 1. The van der Waals surface area contributed by atoms with Crippen LogP contribution in [-0.2, 0) is 11.8 Å². The van der Waals surface area contributed by atoms with Gasteiger partial charge >= 0.3 is 0 Å². The standard InChI is InChI=1S/C24H27N5O/c1-17-18(2)29(19-9-5-4-6-10-19)24(20(17)15-25)26-23(30)16-28-14-8-12-22(28)21-11-7-13-27(21)3/h4-7,9-11,13,22H,8,12,14,16H2,1-3H3,(H,26,30). The van der Waals surface area contributed by atoms with Crippen molar-refractivity contribution in [1.29, 1.82) is 5.26 Å². The average Bonchev–Trinajstić information content (AvgIpc) is 3.42. The first kappa shape index (κ1) is 20.0. The van der Waals surface area contributed by atoms with Crippen molar-refractivity contribution in [2.75, 3.05) is 18.4 Å². The number of hydrogen-bond acceptors (Lipinski definition) is 3. The zero-order chi connectivity index (χ0) is 21.3. The van der Waals surface area contributed by atoms with E-state index in [0.717, 1.165) is 36.3 Å². The van der Waals surface area contributed by atoms with E-state index in [0.29, 0.717) is 17.9 Å². The molecular formula is C24H27N5O. The highest BCUT2D eigenvalue weighted by atomic mass is 16.2. The molecule has 1 saturated heterocycles. The summed E-state index contributed by atoms with van der Waals surface area (Å²) in [7, 11) is 2.05. The average molecular weight is 402 g/mol. The molecule has 3 heterocycles. The third-order valence-corrected chi connectivity index (χ3v) is 6.13. The van der Waals surface area contributed by atoms with E-state index < -0.39 is 0 Å². The van der Waals surface area contributed by atoms with Crippen LogP contribution in [0.15, 0.2) is 48.7 Å². The van der Waals surface area contributed by atoms with E-state index in [1.807, 2.05) is 68.1 Å². The first-order valence-corrected chi connectivity index (χ1v) is 10.3. The monoisotopic (exact) mass is 401 g/mol. The molecule has 1 aliphatic heterocycles. The molecule has 0 spiro atoms. The van der Waals surface area contributed by atoms with E-state index >= 15 is 0 Å². The van der Waals surface area contributed by atoms with E-state index in [1.165, 1.54) is 5.69 Å². The number of aryl methyl sites for hydroxylation is 1. The molecule has 1 atom stereocenters. The van der Waals surface area contributed by atoms with Crippen LogP contribution in [0.4, 0.5) is 5.82 Å². The largest absolute Gasteiger partial charge is 0.353 e. The van der Waals surface area contributed by atoms with Gasteiger partial charge in [0, 0.05) is 30.3 Å². The first-order valence-electron chi connectivity index (χ1n) is 10.3. The first-order chi connectivity index (χ1) is 14.5. The van der Waals surface area contributed by atoms with Crippen LogP contribution < -0.4 is 5.32 Å². The fourth-order valence-electron chi connectivity index (χ4n) is 4.49. The van der Waals surface area contributed by atoms with Crippen LogP contribution >= 0.6 is 0 Å². The van der Waals surface area contributed by atoms with Gasteiger partial charge in [-0.3, -0.25) is 14.3 Å². The molecule has 2 aromatic heterocycles. The van der Waals surface area contributed by atoms with Crippen molar-refractivity contribution in [2.24, 2.45) is 7.05 Å². The molecule has 6 heteroatoms. The Morgan fingerprint density at radius 2 is 1.97 bits per heavy atom. The van der Waals surface area contributed by atoms with Crippen molar-refractivity contribution in [2.45, 2.75) is 32.7 Å². The van der Waals surface area contributed by atoms with Crippen LogP contribution in [-0.4, -0.2) is 33.0 Å². The number of rotatable bonds is 5. The van der Waals surface area contributed by atoms with Crippen LogP contribution in [0.1, 0.15) is 41.4 Å². The number of hydrogen-bond donors (Lipinski definition) is 1. The van der Waals surface area contributed by atoms with Crippen molar-refractivity contribution < 1.29 is 4.79 Å². The predicted octanol–water partition coefficient (Wildman–Crippen LogP) is 4.08. The normalized spacial score (nSPS) is 16.5. The summed E-state index contributed by atoms with van der Waals surface area (Å²) in [4.78, 5) is 15.3. The van der Waals surface area contributed by atoms with Gasteiger partial charge in [0.1, 0.15) is 11.9 Å². The zero-order valence-corrected chi connectivity index (χ0v) is 17.7. The Hall–Kier alpha value is -3.30. The molecule has 4 rings (SSSR count). The number of aromatic nitrogens is 2. The molecule has 154 valence electrons. The SMILES string of the molecule is Cc1c(C#N)c(NC(=O)CN2CCCC2c2cccn2C)n(-c2ccccc2)c1C. The Labute approximate surface area is 177 Å². The minimum Gasteiger partial charge on any atom is -0.353 e.